The van der Waals surface area contributed by atoms with E-state index < -0.39 is 5.82 Å². The van der Waals surface area contributed by atoms with Crippen molar-refractivity contribution in [1.82, 2.24) is 4.90 Å². The van der Waals surface area contributed by atoms with Gasteiger partial charge >= 0.3 is 0 Å². The number of nitrogens with one attached hydrogen (secondary N) is 2. The molecule has 2 amide bonds. The van der Waals surface area contributed by atoms with Crippen molar-refractivity contribution in [3.63, 3.8) is 0 Å². The van der Waals surface area contributed by atoms with Gasteiger partial charge in [-0.2, -0.15) is 0 Å². The monoisotopic (exact) mass is 416 g/mol. The third kappa shape index (κ3) is 6.18. The number of quaternary nitrogens is 1. The third-order valence-corrected chi connectivity index (χ3v) is 5.09. The molecule has 1 aliphatic heterocycles. The summed E-state index contributed by atoms with van der Waals surface area (Å²) in [5, 5.41) is 2.73. The van der Waals surface area contributed by atoms with Crippen LogP contribution in [0.3, 0.4) is 0 Å². The third-order valence-electron chi connectivity index (χ3n) is 5.09. The van der Waals surface area contributed by atoms with Gasteiger partial charge in [-0.15, -0.1) is 0 Å². The Hall–Kier alpha value is -3.13. The van der Waals surface area contributed by atoms with Crippen LogP contribution in [-0.4, -0.2) is 55.2 Å². The first kappa shape index (κ1) is 21.6. The molecule has 1 saturated heterocycles. The second kappa shape index (κ2) is 10.1. The van der Waals surface area contributed by atoms with E-state index in [1.807, 2.05) is 0 Å². The first-order valence-electron chi connectivity index (χ1n) is 9.86. The Labute approximate surface area is 173 Å². The molecule has 1 heterocycles. The van der Waals surface area contributed by atoms with Crippen LogP contribution in [-0.2, 0) is 9.59 Å². The largest absolute Gasteiger partial charge is 0.331 e. The number of nitrogens with zero attached hydrogens (tertiary/aromatic N) is 1. The average molecular weight is 416 g/mol. The van der Waals surface area contributed by atoms with Crippen LogP contribution in [0, 0.1) is 11.6 Å². The van der Waals surface area contributed by atoms with Crippen LogP contribution in [0.2, 0.25) is 0 Å². The van der Waals surface area contributed by atoms with Crippen LogP contribution in [0.5, 0.6) is 0 Å². The SMILES string of the molecule is O=C(C[NH+]1CCN(C(=O)CCC(=O)c2ccc(F)cc2)CC1)Nc1ccc(F)cc1. The summed E-state index contributed by atoms with van der Waals surface area (Å²) in [6, 6.07) is 10.9. The molecular formula is C22H24F2N3O3+. The minimum atomic E-state index is -0.408. The van der Waals surface area contributed by atoms with Crippen molar-refractivity contribution < 1.29 is 28.1 Å². The number of benzene rings is 2. The summed E-state index contributed by atoms with van der Waals surface area (Å²) in [4.78, 5) is 39.4. The van der Waals surface area contributed by atoms with E-state index in [0.29, 0.717) is 37.4 Å². The van der Waals surface area contributed by atoms with Crippen molar-refractivity contribution in [2.45, 2.75) is 12.8 Å². The second-order valence-corrected chi connectivity index (χ2v) is 7.29. The van der Waals surface area contributed by atoms with Crippen LogP contribution in [0.1, 0.15) is 23.2 Å². The van der Waals surface area contributed by atoms with Gasteiger partial charge in [0.15, 0.2) is 12.3 Å². The number of ketones is 1. The second-order valence-electron chi connectivity index (χ2n) is 7.29. The van der Waals surface area contributed by atoms with E-state index in [4.69, 9.17) is 0 Å². The molecule has 1 aliphatic rings. The van der Waals surface area contributed by atoms with Gasteiger partial charge in [-0.25, -0.2) is 8.78 Å². The first-order chi connectivity index (χ1) is 14.4. The van der Waals surface area contributed by atoms with Crippen molar-refractivity contribution in [3.8, 4) is 0 Å². The maximum Gasteiger partial charge on any atom is 0.279 e. The fourth-order valence-corrected chi connectivity index (χ4v) is 3.37. The highest BCUT2D eigenvalue weighted by Gasteiger charge is 2.25. The molecule has 2 N–H and O–H groups in total. The van der Waals surface area contributed by atoms with Crippen molar-refractivity contribution >= 4 is 23.3 Å². The molecule has 0 radical (unpaired) electrons. The van der Waals surface area contributed by atoms with Crippen molar-refractivity contribution in [2.24, 2.45) is 0 Å². The van der Waals surface area contributed by atoms with Crippen LogP contribution >= 0.6 is 0 Å². The number of hydrogen-bond donors (Lipinski definition) is 2. The predicted molar refractivity (Wildman–Crippen MR) is 107 cm³/mol. The molecule has 30 heavy (non-hydrogen) atoms. The minimum absolute atomic E-state index is 0.0810. The Balaban J connectivity index is 1.38. The van der Waals surface area contributed by atoms with Gasteiger partial charge in [0.25, 0.3) is 5.91 Å². The maximum atomic E-state index is 12.9. The number of piperazine rings is 1. The molecule has 1 fully saturated rings. The molecule has 2 aromatic carbocycles. The highest BCUT2D eigenvalue weighted by atomic mass is 19.1. The molecule has 0 spiro atoms. The summed E-state index contributed by atoms with van der Waals surface area (Å²) in [7, 11) is 0. The smallest absolute Gasteiger partial charge is 0.279 e. The maximum absolute atomic E-state index is 12.9. The van der Waals surface area contributed by atoms with Gasteiger partial charge < -0.3 is 15.1 Å². The zero-order valence-electron chi connectivity index (χ0n) is 16.5. The minimum Gasteiger partial charge on any atom is -0.331 e. The van der Waals surface area contributed by atoms with E-state index in [2.05, 4.69) is 5.32 Å². The number of carbonyl (C=O) groups excluding carboxylic acids is 3. The molecule has 6 nitrogen and oxygen atoms in total. The number of rotatable bonds is 7. The van der Waals surface area contributed by atoms with Gasteiger partial charge in [0.2, 0.25) is 5.91 Å². The summed E-state index contributed by atoms with van der Waals surface area (Å²) >= 11 is 0. The lowest BCUT2D eigenvalue weighted by Crippen LogP contribution is -3.15. The van der Waals surface area contributed by atoms with Gasteiger partial charge in [0.05, 0.1) is 26.2 Å². The highest BCUT2D eigenvalue weighted by Crippen LogP contribution is 2.09. The van der Waals surface area contributed by atoms with Gasteiger partial charge in [-0.1, -0.05) is 0 Å². The summed E-state index contributed by atoms with van der Waals surface area (Å²) in [5.41, 5.74) is 0.936. The Kier molecular flexibility index (Phi) is 7.24. The number of Topliss-reactive ketones (excluding diaryl/α,β-unsaturated/α-hetero) is 1. The topological polar surface area (TPSA) is 70.9 Å². The molecular weight excluding hydrogens is 392 g/mol. The standard InChI is InChI=1S/C22H23F2N3O3/c23-17-3-1-16(2-4-17)20(28)9-10-22(30)27-13-11-26(12-14-27)15-21(29)25-19-7-5-18(24)6-8-19/h1-8H,9-15H2,(H,25,29)/p+1. The fraction of sp³-hybridized carbons (Fsp3) is 0.318. The number of carbonyl (C=O) groups is 3. The van der Waals surface area contributed by atoms with Crippen LogP contribution in [0.4, 0.5) is 14.5 Å². The summed E-state index contributed by atoms with van der Waals surface area (Å²) < 4.78 is 25.8. The van der Waals surface area contributed by atoms with Crippen LogP contribution in [0.25, 0.3) is 0 Å². The molecule has 0 aromatic heterocycles. The molecule has 2 aromatic rings. The van der Waals surface area contributed by atoms with Crippen molar-refractivity contribution in [3.05, 3.63) is 65.7 Å². The van der Waals surface area contributed by atoms with Crippen LogP contribution < -0.4 is 10.2 Å². The average Bonchev–Trinajstić information content (AvgIpc) is 2.74. The zero-order valence-corrected chi connectivity index (χ0v) is 16.5. The molecule has 0 atom stereocenters. The quantitative estimate of drug-likeness (QED) is 0.669. The lowest BCUT2D eigenvalue weighted by atomic mass is 10.1. The van der Waals surface area contributed by atoms with Gasteiger partial charge in [0, 0.05) is 24.1 Å². The van der Waals surface area contributed by atoms with E-state index in [1.54, 1.807) is 4.90 Å². The first-order valence-corrected chi connectivity index (χ1v) is 9.86. The Morgan fingerprint density at radius 1 is 0.867 bits per heavy atom. The normalized spacial score (nSPS) is 14.4. The molecule has 0 bridgehead atoms. The lowest BCUT2D eigenvalue weighted by Gasteiger charge is -2.32. The molecule has 0 unspecified atom stereocenters. The molecule has 0 saturated carbocycles. The number of amides is 2. The number of halogens is 2. The Morgan fingerprint density at radius 3 is 2.03 bits per heavy atom. The van der Waals surface area contributed by atoms with E-state index in [1.165, 1.54) is 48.5 Å². The Morgan fingerprint density at radius 2 is 1.43 bits per heavy atom. The van der Waals surface area contributed by atoms with Gasteiger partial charge in [-0.05, 0) is 48.5 Å². The molecule has 0 aliphatic carbocycles. The van der Waals surface area contributed by atoms with Crippen LogP contribution in [0.15, 0.2) is 48.5 Å². The predicted octanol–water partition coefficient (Wildman–Crippen LogP) is 1.29. The van der Waals surface area contributed by atoms with Crippen molar-refractivity contribution in [1.29, 1.82) is 0 Å². The number of hydrogen-bond acceptors (Lipinski definition) is 3. The highest BCUT2D eigenvalue weighted by molar-refractivity contribution is 5.97. The molecule has 158 valence electrons. The lowest BCUT2D eigenvalue weighted by molar-refractivity contribution is -0.895. The number of anilines is 1. The Bertz CT molecular complexity index is 893. The van der Waals surface area contributed by atoms with E-state index >= 15 is 0 Å². The summed E-state index contributed by atoms with van der Waals surface area (Å²) in [6.07, 6.45) is 0.189. The fourth-order valence-electron chi connectivity index (χ4n) is 3.37. The van der Waals surface area contributed by atoms with E-state index in [9.17, 15) is 23.2 Å². The zero-order chi connectivity index (χ0) is 21.5. The molecule has 8 heteroatoms. The van der Waals surface area contributed by atoms with Crippen molar-refractivity contribution in [2.75, 3.05) is 38.0 Å². The van der Waals surface area contributed by atoms with Gasteiger partial charge in [0.1, 0.15) is 11.6 Å². The van der Waals surface area contributed by atoms with Gasteiger partial charge in [-0.3, -0.25) is 14.4 Å². The van der Waals surface area contributed by atoms with E-state index in [-0.39, 0.29) is 42.8 Å². The molecule has 3 rings (SSSR count). The summed E-state index contributed by atoms with van der Waals surface area (Å²) in [6.45, 7) is 2.57. The van der Waals surface area contributed by atoms with E-state index in [0.717, 1.165) is 4.90 Å². The summed E-state index contributed by atoms with van der Waals surface area (Å²) in [5.74, 6) is -1.22.